The minimum absolute atomic E-state index is 0.150. The molecule has 2 aromatic carbocycles. The van der Waals surface area contributed by atoms with Gasteiger partial charge in [0.05, 0.1) is 5.52 Å². The maximum atomic E-state index is 13.2. The number of rotatable bonds is 5. The van der Waals surface area contributed by atoms with Crippen molar-refractivity contribution in [2.24, 2.45) is 0 Å². The van der Waals surface area contributed by atoms with Crippen molar-refractivity contribution < 1.29 is 13.6 Å². The number of aryl methyl sites for hydroxylation is 1. The van der Waals surface area contributed by atoms with Crippen LogP contribution in [0.3, 0.4) is 0 Å². The molecule has 128 valence electrons. The molecule has 0 spiro atoms. The van der Waals surface area contributed by atoms with Crippen molar-refractivity contribution in [1.29, 1.82) is 0 Å². The molecule has 3 aromatic rings. The lowest BCUT2D eigenvalue weighted by atomic mass is 10.1. The van der Waals surface area contributed by atoms with Crippen molar-refractivity contribution >= 4 is 16.8 Å². The van der Waals surface area contributed by atoms with Crippen LogP contribution in [0.25, 0.3) is 10.9 Å². The molecule has 0 bridgehead atoms. The van der Waals surface area contributed by atoms with E-state index in [0.717, 1.165) is 5.56 Å². The van der Waals surface area contributed by atoms with Crippen molar-refractivity contribution in [3.8, 4) is 0 Å². The molecule has 1 aromatic heterocycles. The maximum Gasteiger partial charge on any atom is 0.251 e. The van der Waals surface area contributed by atoms with Gasteiger partial charge in [0.1, 0.15) is 11.6 Å². The number of hydrogen-bond donors (Lipinski definition) is 2. The first kappa shape index (κ1) is 16.8. The summed E-state index contributed by atoms with van der Waals surface area (Å²) in [5.74, 6) is -0.954. The minimum Gasteiger partial charge on any atom is -0.352 e. The number of H-pyrrole nitrogens is 1. The smallest absolute Gasteiger partial charge is 0.251 e. The number of aromatic nitrogens is 1. The standard InChI is InChI=1S/C19H16F2N2O2/c20-15-5-1-12(2-6-15)11-22-18(24)8-4-14-9-13-3-7-16(21)10-17(13)23-19(14)25/h1-3,5-7,9-10H,4,8,11H2,(H,22,24)(H,23,25). The van der Waals surface area contributed by atoms with Crippen molar-refractivity contribution in [1.82, 2.24) is 10.3 Å². The molecule has 0 atom stereocenters. The van der Waals surface area contributed by atoms with E-state index in [0.29, 0.717) is 23.0 Å². The Bertz CT molecular complexity index is 965. The van der Waals surface area contributed by atoms with Crippen molar-refractivity contribution in [2.45, 2.75) is 19.4 Å². The van der Waals surface area contributed by atoms with Gasteiger partial charge in [-0.25, -0.2) is 8.78 Å². The van der Waals surface area contributed by atoms with Crippen LogP contribution in [0.1, 0.15) is 17.5 Å². The topological polar surface area (TPSA) is 62.0 Å². The highest BCUT2D eigenvalue weighted by Gasteiger charge is 2.07. The number of pyridine rings is 1. The molecule has 0 saturated carbocycles. The van der Waals surface area contributed by atoms with Crippen molar-refractivity contribution in [3.63, 3.8) is 0 Å². The highest BCUT2D eigenvalue weighted by molar-refractivity contribution is 5.79. The summed E-state index contributed by atoms with van der Waals surface area (Å²) in [6.45, 7) is 0.298. The number of benzene rings is 2. The van der Waals surface area contributed by atoms with Crippen LogP contribution in [0, 0.1) is 11.6 Å². The lowest BCUT2D eigenvalue weighted by Gasteiger charge is -2.06. The van der Waals surface area contributed by atoms with Gasteiger partial charge in [-0.05, 0) is 53.8 Å². The Morgan fingerprint density at radius 2 is 1.72 bits per heavy atom. The first-order valence-electron chi connectivity index (χ1n) is 7.84. The largest absolute Gasteiger partial charge is 0.352 e. The van der Waals surface area contributed by atoms with Gasteiger partial charge in [0, 0.05) is 18.5 Å². The van der Waals surface area contributed by atoms with Crippen molar-refractivity contribution in [3.05, 3.63) is 81.6 Å². The number of carbonyl (C=O) groups excluding carboxylic acids is 1. The summed E-state index contributed by atoms with van der Waals surface area (Å²) in [5.41, 5.74) is 1.36. The number of amides is 1. The van der Waals surface area contributed by atoms with E-state index in [2.05, 4.69) is 10.3 Å². The first-order chi connectivity index (χ1) is 12.0. The maximum absolute atomic E-state index is 13.2. The second-order valence-electron chi connectivity index (χ2n) is 5.76. The Kier molecular flexibility index (Phi) is 4.88. The average molecular weight is 342 g/mol. The Labute approximate surface area is 142 Å². The van der Waals surface area contributed by atoms with Gasteiger partial charge in [-0.3, -0.25) is 9.59 Å². The molecular formula is C19H16F2N2O2. The van der Waals surface area contributed by atoms with E-state index >= 15 is 0 Å². The molecule has 0 radical (unpaired) electrons. The van der Waals surface area contributed by atoms with Gasteiger partial charge >= 0.3 is 0 Å². The van der Waals surface area contributed by atoms with Gasteiger partial charge in [0.15, 0.2) is 0 Å². The normalized spacial score (nSPS) is 10.8. The molecule has 0 saturated heterocycles. The molecule has 1 heterocycles. The zero-order valence-corrected chi connectivity index (χ0v) is 13.3. The Morgan fingerprint density at radius 1 is 1.00 bits per heavy atom. The Hall–Kier alpha value is -3.02. The third kappa shape index (κ3) is 4.29. The van der Waals surface area contributed by atoms with Crippen molar-refractivity contribution in [2.75, 3.05) is 0 Å². The Balaban J connectivity index is 1.61. The highest BCUT2D eigenvalue weighted by atomic mass is 19.1. The quantitative estimate of drug-likeness (QED) is 0.749. The molecule has 2 N–H and O–H groups in total. The molecular weight excluding hydrogens is 326 g/mol. The number of carbonyl (C=O) groups is 1. The fourth-order valence-corrected chi connectivity index (χ4v) is 2.54. The zero-order chi connectivity index (χ0) is 17.8. The summed E-state index contributed by atoms with van der Waals surface area (Å²) in [6.07, 6.45) is 0.425. The number of nitrogens with one attached hydrogen (secondary N) is 2. The summed E-state index contributed by atoms with van der Waals surface area (Å²) < 4.78 is 26.0. The molecule has 3 rings (SSSR count). The molecule has 0 fully saturated rings. The molecule has 25 heavy (non-hydrogen) atoms. The summed E-state index contributed by atoms with van der Waals surface area (Å²) in [7, 11) is 0. The van der Waals surface area contributed by atoms with Gasteiger partial charge < -0.3 is 10.3 Å². The molecule has 0 unspecified atom stereocenters. The van der Waals surface area contributed by atoms with E-state index in [1.165, 1.54) is 24.3 Å². The highest BCUT2D eigenvalue weighted by Crippen LogP contribution is 2.13. The van der Waals surface area contributed by atoms with Crippen LogP contribution in [0.5, 0.6) is 0 Å². The zero-order valence-electron chi connectivity index (χ0n) is 13.3. The van der Waals surface area contributed by atoms with Crippen LogP contribution >= 0.6 is 0 Å². The van der Waals surface area contributed by atoms with Crippen LogP contribution in [0.4, 0.5) is 8.78 Å². The van der Waals surface area contributed by atoms with E-state index < -0.39 is 5.82 Å². The first-order valence-corrected chi connectivity index (χ1v) is 7.84. The van der Waals surface area contributed by atoms with Gasteiger partial charge in [-0.1, -0.05) is 12.1 Å². The van der Waals surface area contributed by atoms with E-state index in [4.69, 9.17) is 0 Å². The molecule has 1 amide bonds. The summed E-state index contributed by atoms with van der Waals surface area (Å²) >= 11 is 0. The minimum atomic E-state index is -0.420. The Morgan fingerprint density at radius 3 is 2.48 bits per heavy atom. The molecule has 0 aliphatic rings. The predicted octanol–water partition coefficient (Wildman–Crippen LogP) is 3.06. The molecule has 0 aliphatic heterocycles. The second kappa shape index (κ2) is 7.25. The molecule has 4 nitrogen and oxygen atoms in total. The van der Waals surface area contributed by atoms with E-state index in [1.807, 2.05) is 0 Å². The lowest BCUT2D eigenvalue weighted by molar-refractivity contribution is -0.121. The van der Waals surface area contributed by atoms with Gasteiger partial charge in [0.2, 0.25) is 5.91 Å². The molecule has 0 aliphatic carbocycles. The molecule has 6 heteroatoms. The fourth-order valence-electron chi connectivity index (χ4n) is 2.54. The van der Waals surface area contributed by atoms with Gasteiger partial charge in [0.25, 0.3) is 5.56 Å². The van der Waals surface area contributed by atoms with Crippen LogP contribution in [-0.4, -0.2) is 10.9 Å². The summed E-state index contributed by atoms with van der Waals surface area (Å²) in [6, 6.07) is 11.7. The fraction of sp³-hybridized carbons (Fsp3) is 0.158. The van der Waals surface area contributed by atoms with Gasteiger partial charge in [-0.15, -0.1) is 0 Å². The average Bonchev–Trinajstić information content (AvgIpc) is 2.59. The second-order valence-corrected chi connectivity index (χ2v) is 5.76. The van der Waals surface area contributed by atoms with Crippen LogP contribution < -0.4 is 10.9 Å². The van der Waals surface area contributed by atoms with E-state index in [1.54, 1.807) is 24.3 Å². The SMILES string of the molecule is O=C(CCc1cc2ccc(F)cc2[nH]c1=O)NCc1ccc(F)cc1. The third-order valence-corrected chi connectivity index (χ3v) is 3.91. The summed E-state index contributed by atoms with van der Waals surface area (Å²) in [5, 5.41) is 3.44. The predicted molar refractivity (Wildman–Crippen MR) is 91.1 cm³/mol. The number of halogens is 2. The number of hydrogen-bond acceptors (Lipinski definition) is 2. The van der Waals surface area contributed by atoms with E-state index in [-0.39, 0.29) is 30.1 Å². The van der Waals surface area contributed by atoms with Crippen LogP contribution in [0.15, 0.2) is 53.3 Å². The van der Waals surface area contributed by atoms with Crippen LogP contribution in [0.2, 0.25) is 0 Å². The van der Waals surface area contributed by atoms with Gasteiger partial charge in [-0.2, -0.15) is 0 Å². The monoisotopic (exact) mass is 342 g/mol. The number of aromatic amines is 1. The third-order valence-electron chi connectivity index (χ3n) is 3.91. The lowest BCUT2D eigenvalue weighted by Crippen LogP contribution is -2.24. The number of fused-ring (bicyclic) bond motifs is 1. The van der Waals surface area contributed by atoms with E-state index in [9.17, 15) is 18.4 Å². The summed E-state index contributed by atoms with van der Waals surface area (Å²) in [4.78, 5) is 26.6. The van der Waals surface area contributed by atoms with Crippen LogP contribution in [-0.2, 0) is 17.8 Å².